The molecule has 2 aromatic rings. The molecule has 2 aromatic heterocycles. The molecular formula is C9H8ClN3O5S. The number of aromatic nitrogens is 2. The van der Waals surface area contributed by atoms with Crippen LogP contribution in [0.25, 0.3) is 0 Å². The van der Waals surface area contributed by atoms with Crippen molar-refractivity contribution in [2.75, 3.05) is 4.72 Å². The van der Waals surface area contributed by atoms with Crippen molar-refractivity contribution < 1.29 is 22.8 Å². The standard InChI is InChI=1S/C9H8ClN3O5S/c1-4-6(10)8(18-12-4)13-19(16,17)5-2-3-11-7(5)9(14)15/h2-3,11,13H,1H3,(H,14,15). The lowest BCUT2D eigenvalue weighted by Gasteiger charge is -2.04. The molecule has 0 amide bonds. The number of hydrogen-bond donors (Lipinski definition) is 3. The van der Waals surface area contributed by atoms with Gasteiger partial charge in [0.1, 0.15) is 21.3 Å². The van der Waals surface area contributed by atoms with E-state index in [9.17, 15) is 13.2 Å². The van der Waals surface area contributed by atoms with E-state index in [0.717, 1.165) is 6.07 Å². The molecule has 0 saturated carbocycles. The Hall–Kier alpha value is -2.00. The molecule has 8 nitrogen and oxygen atoms in total. The highest BCUT2D eigenvalue weighted by Crippen LogP contribution is 2.27. The van der Waals surface area contributed by atoms with Crippen molar-refractivity contribution in [1.82, 2.24) is 10.1 Å². The van der Waals surface area contributed by atoms with Gasteiger partial charge in [0.15, 0.2) is 0 Å². The van der Waals surface area contributed by atoms with Crippen LogP contribution in [-0.4, -0.2) is 29.6 Å². The van der Waals surface area contributed by atoms with Crippen molar-refractivity contribution in [3.8, 4) is 0 Å². The highest BCUT2D eigenvalue weighted by atomic mass is 35.5. The molecule has 0 aliphatic carbocycles. The van der Waals surface area contributed by atoms with Gasteiger partial charge in [-0.1, -0.05) is 16.8 Å². The first-order chi connectivity index (χ1) is 8.83. The Morgan fingerprint density at radius 3 is 2.79 bits per heavy atom. The minimum atomic E-state index is -4.14. The molecule has 0 saturated heterocycles. The number of carbonyl (C=O) groups is 1. The van der Waals surface area contributed by atoms with Crippen molar-refractivity contribution >= 4 is 33.5 Å². The third-order valence-electron chi connectivity index (χ3n) is 2.23. The smallest absolute Gasteiger partial charge is 0.353 e. The summed E-state index contributed by atoms with van der Waals surface area (Å²) < 4.78 is 30.7. The molecule has 19 heavy (non-hydrogen) atoms. The number of anilines is 1. The Labute approximate surface area is 112 Å². The highest BCUT2D eigenvalue weighted by molar-refractivity contribution is 7.92. The lowest BCUT2D eigenvalue weighted by Crippen LogP contribution is -2.15. The molecule has 0 spiro atoms. The van der Waals surface area contributed by atoms with Crippen molar-refractivity contribution in [1.29, 1.82) is 0 Å². The molecular weight excluding hydrogens is 298 g/mol. The number of aryl methyl sites for hydroxylation is 1. The van der Waals surface area contributed by atoms with E-state index < -0.39 is 26.6 Å². The Balaban J connectivity index is 2.41. The summed E-state index contributed by atoms with van der Waals surface area (Å²) >= 11 is 5.77. The monoisotopic (exact) mass is 305 g/mol. The number of rotatable bonds is 4. The molecule has 0 fully saturated rings. The van der Waals surface area contributed by atoms with Gasteiger partial charge in [-0.15, -0.1) is 0 Å². The Bertz CT molecular complexity index is 733. The molecule has 102 valence electrons. The fraction of sp³-hybridized carbons (Fsp3) is 0.111. The molecule has 10 heteroatoms. The van der Waals surface area contributed by atoms with Crippen LogP contribution in [0.15, 0.2) is 21.7 Å². The normalized spacial score (nSPS) is 11.5. The number of hydrogen-bond acceptors (Lipinski definition) is 5. The third kappa shape index (κ3) is 2.42. The number of carboxylic acid groups (broad SMARTS) is 1. The summed E-state index contributed by atoms with van der Waals surface area (Å²) in [5.74, 6) is -1.66. The van der Waals surface area contributed by atoms with Crippen LogP contribution in [0.3, 0.4) is 0 Å². The second kappa shape index (κ2) is 4.59. The number of nitrogens with zero attached hydrogens (tertiary/aromatic N) is 1. The molecule has 0 aliphatic rings. The third-order valence-corrected chi connectivity index (χ3v) is 4.05. The fourth-order valence-corrected chi connectivity index (χ4v) is 2.67. The van der Waals surface area contributed by atoms with E-state index in [1.807, 2.05) is 4.72 Å². The number of aromatic carboxylic acids is 1. The highest BCUT2D eigenvalue weighted by Gasteiger charge is 2.26. The molecule has 0 aromatic carbocycles. The SMILES string of the molecule is Cc1noc(NS(=O)(=O)c2cc[nH]c2C(=O)O)c1Cl. The maximum absolute atomic E-state index is 12.0. The van der Waals surface area contributed by atoms with E-state index in [2.05, 4.69) is 10.1 Å². The minimum Gasteiger partial charge on any atom is -0.477 e. The second-order valence-electron chi connectivity index (χ2n) is 3.54. The van der Waals surface area contributed by atoms with Crippen molar-refractivity contribution in [3.05, 3.63) is 28.7 Å². The van der Waals surface area contributed by atoms with Crippen LogP contribution >= 0.6 is 11.6 Å². The lowest BCUT2D eigenvalue weighted by atomic mass is 10.4. The Morgan fingerprint density at radius 2 is 2.26 bits per heavy atom. The zero-order chi connectivity index (χ0) is 14.2. The first-order valence-electron chi connectivity index (χ1n) is 4.88. The van der Waals surface area contributed by atoms with Crippen LogP contribution in [0, 0.1) is 6.92 Å². The van der Waals surface area contributed by atoms with E-state index in [1.54, 1.807) is 0 Å². The summed E-state index contributed by atoms with van der Waals surface area (Å²) in [4.78, 5) is 12.8. The van der Waals surface area contributed by atoms with E-state index in [0.29, 0.717) is 5.69 Å². The number of halogens is 1. The van der Waals surface area contributed by atoms with Gasteiger partial charge >= 0.3 is 5.97 Å². The van der Waals surface area contributed by atoms with Gasteiger partial charge in [-0.05, 0) is 13.0 Å². The van der Waals surface area contributed by atoms with Crippen LogP contribution in [0.4, 0.5) is 5.88 Å². The van der Waals surface area contributed by atoms with E-state index in [4.69, 9.17) is 21.2 Å². The average Bonchev–Trinajstić information content (AvgIpc) is 2.91. The zero-order valence-corrected chi connectivity index (χ0v) is 11.0. The van der Waals surface area contributed by atoms with Crippen molar-refractivity contribution in [2.45, 2.75) is 11.8 Å². The molecule has 0 radical (unpaired) electrons. The van der Waals surface area contributed by atoms with Crippen LogP contribution in [0.2, 0.25) is 5.02 Å². The molecule has 0 unspecified atom stereocenters. The molecule has 3 N–H and O–H groups in total. The largest absolute Gasteiger partial charge is 0.477 e. The fourth-order valence-electron chi connectivity index (χ4n) is 1.35. The van der Waals surface area contributed by atoms with Crippen LogP contribution in [0.1, 0.15) is 16.2 Å². The molecule has 0 bridgehead atoms. The maximum atomic E-state index is 12.0. The number of carboxylic acids is 1. The Kier molecular flexibility index (Phi) is 3.25. The summed E-state index contributed by atoms with van der Waals surface area (Å²) in [7, 11) is -4.14. The molecule has 2 heterocycles. The van der Waals surface area contributed by atoms with Gasteiger partial charge in [0, 0.05) is 6.20 Å². The Morgan fingerprint density at radius 1 is 1.58 bits per heavy atom. The first-order valence-corrected chi connectivity index (χ1v) is 6.74. The quantitative estimate of drug-likeness (QED) is 0.785. The first kappa shape index (κ1) is 13.4. The lowest BCUT2D eigenvalue weighted by molar-refractivity contribution is 0.0687. The van der Waals surface area contributed by atoms with Gasteiger partial charge in [0.2, 0.25) is 0 Å². The van der Waals surface area contributed by atoms with Gasteiger partial charge in [-0.2, -0.15) is 0 Å². The van der Waals surface area contributed by atoms with E-state index in [1.165, 1.54) is 13.1 Å². The van der Waals surface area contributed by atoms with Gasteiger partial charge < -0.3 is 14.6 Å². The summed E-state index contributed by atoms with van der Waals surface area (Å²) in [6.07, 6.45) is 1.20. The summed E-state index contributed by atoms with van der Waals surface area (Å²) in [5.41, 5.74) is -0.147. The van der Waals surface area contributed by atoms with Gasteiger partial charge in [-0.3, -0.25) is 0 Å². The molecule has 0 aliphatic heterocycles. The summed E-state index contributed by atoms with van der Waals surface area (Å²) in [6.45, 7) is 1.53. The maximum Gasteiger partial charge on any atom is 0.353 e. The zero-order valence-electron chi connectivity index (χ0n) is 9.47. The minimum absolute atomic E-state index is 0.0102. The molecule has 0 atom stereocenters. The summed E-state index contributed by atoms with van der Waals surface area (Å²) in [6, 6.07) is 1.11. The molecule has 2 rings (SSSR count). The second-order valence-corrected chi connectivity index (χ2v) is 5.57. The number of aromatic amines is 1. The van der Waals surface area contributed by atoms with Crippen LogP contribution in [-0.2, 0) is 10.0 Å². The average molecular weight is 306 g/mol. The number of H-pyrrole nitrogens is 1. The van der Waals surface area contributed by atoms with Crippen molar-refractivity contribution in [3.63, 3.8) is 0 Å². The summed E-state index contributed by atoms with van der Waals surface area (Å²) in [5, 5.41) is 12.3. The van der Waals surface area contributed by atoms with E-state index >= 15 is 0 Å². The van der Waals surface area contributed by atoms with Crippen LogP contribution in [0.5, 0.6) is 0 Å². The number of nitrogens with one attached hydrogen (secondary N) is 2. The predicted octanol–water partition coefficient (Wildman–Crippen LogP) is 1.46. The van der Waals surface area contributed by atoms with Crippen molar-refractivity contribution in [2.24, 2.45) is 0 Å². The van der Waals surface area contributed by atoms with E-state index in [-0.39, 0.29) is 10.9 Å². The van der Waals surface area contributed by atoms with Gasteiger partial charge in [0.25, 0.3) is 15.9 Å². The van der Waals surface area contributed by atoms with Crippen LogP contribution < -0.4 is 4.72 Å². The topological polar surface area (TPSA) is 125 Å². The predicted molar refractivity (Wildman–Crippen MR) is 64.8 cm³/mol. The van der Waals surface area contributed by atoms with Gasteiger partial charge in [0.05, 0.1) is 0 Å². The number of sulfonamides is 1. The van der Waals surface area contributed by atoms with Gasteiger partial charge in [-0.25, -0.2) is 17.9 Å².